The van der Waals surface area contributed by atoms with Gasteiger partial charge >= 0.3 is 5.97 Å². The zero-order valence-electron chi connectivity index (χ0n) is 13.8. The Morgan fingerprint density at radius 2 is 1.96 bits per heavy atom. The molecule has 1 amide bonds. The first-order valence-electron chi connectivity index (χ1n) is 7.85. The number of amides is 1. The zero-order valence-corrected chi connectivity index (χ0v) is 13.8. The maximum atomic E-state index is 12.5. The van der Waals surface area contributed by atoms with Gasteiger partial charge in [0.2, 0.25) is 0 Å². The molecule has 0 unspecified atom stereocenters. The van der Waals surface area contributed by atoms with Crippen LogP contribution in [0.3, 0.4) is 0 Å². The Morgan fingerprint density at radius 3 is 2.61 bits per heavy atom. The molecule has 1 aliphatic heterocycles. The summed E-state index contributed by atoms with van der Waals surface area (Å²) in [6.45, 7) is 5.00. The molecule has 2 atom stereocenters. The van der Waals surface area contributed by atoms with Gasteiger partial charge in [-0.3, -0.25) is 4.79 Å². The summed E-state index contributed by atoms with van der Waals surface area (Å²) >= 11 is 0. The second kappa shape index (κ2) is 7.85. The van der Waals surface area contributed by atoms with Crippen LogP contribution in [0.4, 0.5) is 0 Å². The summed E-state index contributed by atoms with van der Waals surface area (Å²) in [4.78, 5) is 24.3. The molecule has 0 fully saturated rings. The van der Waals surface area contributed by atoms with Crippen LogP contribution in [-0.2, 0) is 9.53 Å². The average Bonchev–Trinajstić information content (AvgIpc) is 2.82. The van der Waals surface area contributed by atoms with Gasteiger partial charge in [-0.2, -0.15) is 0 Å². The smallest absolute Gasteiger partial charge is 0.328 e. The van der Waals surface area contributed by atoms with Crippen molar-refractivity contribution in [2.75, 3.05) is 20.3 Å². The van der Waals surface area contributed by atoms with Gasteiger partial charge in [0.05, 0.1) is 20.3 Å². The molecule has 0 saturated heterocycles. The van der Waals surface area contributed by atoms with E-state index in [0.717, 1.165) is 12.8 Å². The van der Waals surface area contributed by atoms with Gasteiger partial charge in [0, 0.05) is 12.0 Å². The number of fused-ring (bicyclic) bond motifs is 1. The van der Waals surface area contributed by atoms with E-state index >= 15 is 0 Å². The van der Waals surface area contributed by atoms with E-state index < -0.39 is 12.0 Å². The second-order valence-electron chi connectivity index (χ2n) is 5.57. The number of ether oxygens (including phenoxy) is 3. The lowest BCUT2D eigenvalue weighted by atomic mass is 9.99. The monoisotopic (exact) mass is 321 g/mol. The molecule has 1 aliphatic rings. The molecule has 1 N–H and O–H groups in total. The van der Waals surface area contributed by atoms with Crippen molar-refractivity contribution in [2.45, 2.75) is 32.7 Å². The quantitative estimate of drug-likeness (QED) is 0.841. The lowest BCUT2D eigenvalue weighted by molar-refractivity contribution is -0.144. The standard InChI is InChI=1S/C17H23NO5/c1-4-11(2)15(17(20)21-3)18-16(19)12-6-7-13-14(10-12)23-9-5-8-22-13/h6-7,10-11,15H,4-5,8-9H2,1-3H3,(H,18,19)/t11-,15+/m0/s1. The fraction of sp³-hybridized carbons (Fsp3) is 0.529. The van der Waals surface area contributed by atoms with E-state index in [1.165, 1.54) is 7.11 Å². The Morgan fingerprint density at radius 1 is 1.26 bits per heavy atom. The fourth-order valence-corrected chi connectivity index (χ4v) is 2.33. The number of carbonyl (C=O) groups is 2. The van der Waals surface area contributed by atoms with Crippen molar-refractivity contribution in [1.82, 2.24) is 5.32 Å². The lowest BCUT2D eigenvalue weighted by Gasteiger charge is -2.22. The Bertz CT molecular complexity index is 572. The first-order chi connectivity index (χ1) is 11.1. The third-order valence-corrected chi connectivity index (χ3v) is 3.96. The minimum Gasteiger partial charge on any atom is -0.490 e. The zero-order chi connectivity index (χ0) is 16.8. The molecule has 0 aromatic heterocycles. The largest absolute Gasteiger partial charge is 0.490 e. The number of esters is 1. The number of nitrogens with one attached hydrogen (secondary N) is 1. The van der Waals surface area contributed by atoms with Crippen LogP contribution in [-0.4, -0.2) is 38.2 Å². The molecule has 1 aromatic carbocycles. The minimum atomic E-state index is -0.673. The Labute approximate surface area is 136 Å². The summed E-state index contributed by atoms with van der Waals surface area (Å²) in [5.74, 6) is 0.379. The molecule has 0 spiro atoms. The second-order valence-corrected chi connectivity index (χ2v) is 5.57. The van der Waals surface area contributed by atoms with E-state index in [1.54, 1.807) is 18.2 Å². The summed E-state index contributed by atoms with van der Waals surface area (Å²) < 4.78 is 15.9. The van der Waals surface area contributed by atoms with Crippen molar-refractivity contribution in [3.8, 4) is 11.5 Å². The summed E-state index contributed by atoms with van der Waals surface area (Å²) in [6.07, 6.45) is 1.55. The molecule has 0 radical (unpaired) electrons. The van der Waals surface area contributed by atoms with E-state index in [2.05, 4.69) is 5.32 Å². The highest BCUT2D eigenvalue weighted by Crippen LogP contribution is 2.30. The molecule has 0 bridgehead atoms. The van der Waals surface area contributed by atoms with Crippen LogP contribution in [0.1, 0.15) is 37.0 Å². The van der Waals surface area contributed by atoms with Crippen molar-refractivity contribution in [3.05, 3.63) is 23.8 Å². The molecule has 6 nitrogen and oxygen atoms in total. The summed E-state index contributed by atoms with van der Waals surface area (Å²) in [6, 6.07) is 4.34. The Balaban J connectivity index is 2.16. The highest BCUT2D eigenvalue weighted by atomic mass is 16.5. The van der Waals surface area contributed by atoms with Crippen molar-refractivity contribution >= 4 is 11.9 Å². The lowest BCUT2D eigenvalue weighted by Crippen LogP contribution is -2.45. The summed E-state index contributed by atoms with van der Waals surface area (Å²) in [7, 11) is 1.32. The number of hydrogen-bond donors (Lipinski definition) is 1. The molecule has 2 rings (SSSR count). The number of methoxy groups -OCH3 is 1. The SMILES string of the molecule is CC[C@H](C)[C@@H](NC(=O)c1ccc2c(c1)OCCCO2)C(=O)OC. The molecule has 1 aromatic rings. The molecular weight excluding hydrogens is 298 g/mol. The van der Waals surface area contributed by atoms with E-state index in [-0.39, 0.29) is 11.8 Å². The molecule has 6 heteroatoms. The summed E-state index contributed by atoms with van der Waals surface area (Å²) in [5, 5.41) is 2.75. The van der Waals surface area contributed by atoms with Gasteiger partial charge in [-0.1, -0.05) is 20.3 Å². The Kier molecular flexibility index (Phi) is 5.84. The normalized spacial score (nSPS) is 16.0. The number of carbonyl (C=O) groups excluding carboxylic acids is 2. The molecule has 126 valence electrons. The predicted octanol–water partition coefficient (Wildman–Crippen LogP) is 2.17. The topological polar surface area (TPSA) is 73.9 Å². The average molecular weight is 321 g/mol. The van der Waals surface area contributed by atoms with Gasteiger partial charge in [0.1, 0.15) is 6.04 Å². The van der Waals surface area contributed by atoms with Crippen molar-refractivity contribution in [3.63, 3.8) is 0 Å². The number of hydrogen-bond acceptors (Lipinski definition) is 5. The molecular formula is C17H23NO5. The highest BCUT2D eigenvalue weighted by molar-refractivity contribution is 5.97. The number of rotatable bonds is 5. The van der Waals surface area contributed by atoms with Crippen LogP contribution in [0.5, 0.6) is 11.5 Å². The minimum absolute atomic E-state index is 0.0215. The molecule has 0 saturated carbocycles. The molecule has 0 aliphatic carbocycles. The van der Waals surface area contributed by atoms with Crippen LogP contribution in [0.2, 0.25) is 0 Å². The maximum absolute atomic E-state index is 12.5. The van der Waals surface area contributed by atoms with Crippen molar-refractivity contribution in [2.24, 2.45) is 5.92 Å². The first kappa shape index (κ1) is 17.1. The number of benzene rings is 1. The van der Waals surface area contributed by atoms with Crippen molar-refractivity contribution in [1.29, 1.82) is 0 Å². The van der Waals surface area contributed by atoms with Crippen LogP contribution in [0.25, 0.3) is 0 Å². The van der Waals surface area contributed by atoms with Gasteiger partial charge in [-0.25, -0.2) is 4.79 Å². The molecule has 1 heterocycles. The predicted molar refractivity (Wildman–Crippen MR) is 84.8 cm³/mol. The van der Waals surface area contributed by atoms with Gasteiger partial charge in [-0.05, 0) is 24.1 Å². The van der Waals surface area contributed by atoms with Gasteiger partial charge in [-0.15, -0.1) is 0 Å². The van der Waals surface area contributed by atoms with Crippen molar-refractivity contribution < 1.29 is 23.8 Å². The highest BCUT2D eigenvalue weighted by Gasteiger charge is 2.27. The van der Waals surface area contributed by atoms with Crippen LogP contribution in [0, 0.1) is 5.92 Å². The van der Waals surface area contributed by atoms with Gasteiger partial charge in [0.15, 0.2) is 11.5 Å². The first-order valence-corrected chi connectivity index (χ1v) is 7.85. The van der Waals surface area contributed by atoms with Gasteiger partial charge < -0.3 is 19.5 Å². The van der Waals surface area contributed by atoms with Crippen LogP contribution in [0.15, 0.2) is 18.2 Å². The van der Waals surface area contributed by atoms with Crippen LogP contribution >= 0.6 is 0 Å². The molecule has 23 heavy (non-hydrogen) atoms. The van der Waals surface area contributed by atoms with Crippen LogP contribution < -0.4 is 14.8 Å². The van der Waals surface area contributed by atoms with Gasteiger partial charge in [0.25, 0.3) is 5.91 Å². The van der Waals surface area contributed by atoms with E-state index in [0.29, 0.717) is 30.3 Å². The van der Waals surface area contributed by atoms with E-state index in [9.17, 15) is 9.59 Å². The fourth-order valence-electron chi connectivity index (χ4n) is 2.33. The van der Waals surface area contributed by atoms with E-state index in [4.69, 9.17) is 14.2 Å². The summed E-state index contributed by atoms with van der Waals surface area (Å²) in [5.41, 5.74) is 0.423. The Hall–Kier alpha value is -2.24. The third kappa shape index (κ3) is 4.15. The third-order valence-electron chi connectivity index (χ3n) is 3.96. The van der Waals surface area contributed by atoms with E-state index in [1.807, 2.05) is 13.8 Å². The maximum Gasteiger partial charge on any atom is 0.328 e.